The first-order chi connectivity index (χ1) is 14.4. The number of carbonyl (C=O) groups excluding carboxylic acids is 1. The third-order valence-corrected chi connectivity index (χ3v) is 6.12. The van der Waals surface area contributed by atoms with Crippen molar-refractivity contribution in [2.24, 2.45) is 0 Å². The zero-order valence-corrected chi connectivity index (χ0v) is 17.9. The maximum Gasteiger partial charge on any atom is 0.266 e. The van der Waals surface area contributed by atoms with Gasteiger partial charge >= 0.3 is 0 Å². The highest BCUT2D eigenvalue weighted by Gasteiger charge is 2.28. The third-order valence-electron chi connectivity index (χ3n) is 5.16. The fourth-order valence-electron chi connectivity index (χ4n) is 3.29. The Kier molecular flexibility index (Phi) is 5.29. The molecule has 0 radical (unpaired) electrons. The van der Waals surface area contributed by atoms with Gasteiger partial charge in [-0.05, 0) is 44.5 Å². The highest BCUT2D eigenvalue weighted by Crippen LogP contribution is 2.32. The molecule has 1 aromatic carbocycles. The minimum Gasteiger partial charge on any atom is -0.490 e. The zero-order valence-electron chi connectivity index (χ0n) is 17.1. The number of thiazole rings is 1. The number of benzene rings is 1. The van der Waals surface area contributed by atoms with Crippen molar-refractivity contribution in [1.29, 1.82) is 0 Å². The Morgan fingerprint density at radius 2 is 2.23 bits per heavy atom. The predicted octanol–water partition coefficient (Wildman–Crippen LogP) is 0.860. The maximum absolute atomic E-state index is 12.8. The molecule has 30 heavy (non-hydrogen) atoms. The van der Waals surface area contributed by atoms with Crippen LogP contribution < -0.4 is 24.4 Å². The smallest absolute Gasteiger partial charge is 0.266 e. The number of nitrogens with zero attached hydrogens (tertiary/aromatic N) is 4. The lowest BCUT2D eigenvalue weighted by Gasteiger charge is -2.30. The van der Waals surface area contributed by atoms with Gasteiger partial charge in [-0.15, -0.1) is 11.3 Å². The molecule has 1 aliphatic heterocycles. The molecule has 0 spiro atoms. The fourth-order valence-corrected chi connectivity index (χ4v) is 4.17. The first-order valence-corrected chi connectivity index (χ1v) is 10.5. The number of carbonyl (C=O) groups is 1. The molecule has 2 aromatic heterocycles. The van der Waals surface area contributed by atoms with E-state index in [1.54, 1.807) is 13.8 Å². The number of likely N-dealkylation sites (N-methyl/N-ethyl adjacent to an activating group) is 1. The van der Waals surface area contributed by atoms with Crippen LogP contribution in [-0.2, 0) is 10.3 Å². The summed E-state index contributed by atoms with van der Waals surface area (Å²) in [5.74, 6) is 0.678. The number of Topliss-reactive ketones (excluding diaryl/α,β-unsaturated/α-hetero) is 1. The molecule has 156 valence electrons. The van der Waals surface area contributed by atoms with E-state index in [2.05, 4.69) is 26.9 Å². The van der Waals surface area contributed by atoms with Crippen molar-refractivity contribution < 1.29 is 9.53 Å². The molecule has 0 bridgehead atoms. The van der Waals surface area contributed by atoms with E-state index in [9.17, 15) is 9.59 Å². The van der Waals surface area contributed by atoms with Crippen LogP contribution in [0.2, 0.25) is 0 Å². The summed E-state index contributed by atoms with van der Waals surface area (Å²) in [5, 5.41) is 4.05. The van der Waals surface area contributed by atoms with E-state index >= 15 is 0 Å². The molecule has 1 N–H and O–H groups in total. The van der Waals surface area contributed by atoms with Gasteiger partial charge in [-0.1, -0.05) is 6.07 Å². The first-order valence-electron chi connectivity index (χ1n) is 9.72. The summed E-state index contributed by atoms with van der Waals surface area (Å²) in [6.07, 6.45) is 6.17. The van der Waals surface area contributed by atoms with Gasteiger partial charge in [0.25, 0.3) is 5.56 Å². The van der Waals surface area contributed by atoms with E-state index in [0.29, 0.717) is 15.8 Å². The van der Waals surface area contributed by atoms with Crippen LogP contribution >= 0.6 is 11.3 Å². The maximum atomic E-state index is 12.8. The Morgan fingerprint density at radius 1 is 1.40 bits per heavy atom. The van der Waals surface area contributed by atoms with Gasteiger partial charge in [-0.3, -0.25) is 9.59 Å². The Labute approximate surface area is 177 Å². The van der Waals surface area contributed by atoms with E-state index in [0.717, 1.165) is 30.1 Å². The minimum absolute atomic E-state index is 0.179. The van der Waals surface area contributed by atoms with E-state index in [-0.39, 0.29) is 11.3 Å². The van der Waals surface area contributed by atoms with E-state index in [4.69, 9.17) is 4.74 Å². The number of hydrogen-bond donors (Lipinski definition) is 1. The molecule has 0 aliphatic carbocycles. The van der Waals surface area contributed by atoms with Crippen LogP contribution in [0.15, 0.2) is 35.6 Å². The average molecular weight is 426 g/mol. The molecule has 3 heterocycles. The van der Waals surface area contributed by atoms with Crippen LogP contribution in [-0.4, -0.2) is 45.2 Å². The number of aromatic amines is 1. The lowest BCUT2D eigenvalue weighted by Crippen LogP contribution is -2.36. The lowest BCUT2D eigenvalue weighted by atomic mass is 10.00. The summed E-state index contributed by atoms with van der Waals surface area (Å²) >= 11 is 1.25. The molecule has 0 amide bonds. The van der Waals surface area contributed by atoms with Crippen molar-refractivity contribution in [2.45, 2.75) is 26.3 Å². The summed E-state index contributed by atoms with van der Waals surface area (Å²) in [6, 6.07) is 5.89. The molecule has 3 aromatic rings. The molecule has 8 nitrogen and oxygen atoms in total. The Hall–Kier alpha value is -3.20. The van der Waals surface area contributed by atoms with Crippen molar-refractivity contribution in [3.8, 4) is 5.75 Å². The van der Waals surface area contributed by atoms with Gasteiger partial charge in [0.1, 0.15) is 30.5 Å². The van der Waals surface area contributed by atoms with E-state index in [1.165, 1.54) is 34.7 Å². The summed E-state index contributed by atoms with van der Waals surface area (Å²) in [4.78, 5) is 34.1. The minimum atomic E-state index is -0.899. The highest BCUT2D eigenvalue weighted by molar-refractivity contribution is 7.07. The Bertz CT molecular complexity index is 1240. The molecule has 0 fully saturated rings. The standard InChI is InChI=1S/C21H23N5O3S/c1-4-25-7-8-29-16-6-5-14(9-15(16)25)10-17-20(28)24-19(30-17)11-18(27)21(2,3)26-13-22-12-23-26/h5-6,9-13H,4,7-8H2,1-3H3,(H,24,28)/b17-10-,19-11+. The number of fused-ring (bicyclic) bond motifs is 1. The van der Waals surface area contributed by atoms with Crippen molar-refractivity contribution in [3.05, 3.63) is 56.0 Å². The van der Waals surface area contributed by atoms with Gasteiger partial charge in [0.05, 0.1) is 21.4 Å². The number of nitrogens with one attached hydrogen (secondary N) is 1. The summed E-state index contributed by atoms with van der Waals surface area (Å²) in [6.45, 7) is 8.03. The van der Waals surface area contributed by atoms with Crippen molar-refractivity contribution >= 4 is 35.0 Å². The Morgan fingerprint density at radius 3 is 2.97 bits per heavy atom. The number of hydrogen-bond acceptors (Lipinski definition) is 7. The van der Waals surface area contributed by atoms with Crippen molar-refractivity contribution in [3.63, 3.8) is 0 Å². The summed E-state index contributed by atoms with van der Waals surface area (Å²) < 4.78 is 8.25. The number of anilines is 1. The average Bonchev–Trinajstić information content (AvgIpc) is 3.38. The SMILES string of the molecule is CCN1CCOc2ccc(/C=c3\s/c(=C/C(=O)C(C)(C)n4cncn4)[nH]c3=O)cc21. The van der Waals surface area contributed by atoms with Crippen LogP contribution in [0.1, 0.15) is 26.3 Å². The first kappa shape index (κ1) is 20.1. The molecular weight excluding hydrogens is 402 g/mol. The van der Waals surface area contributed by atoms with Crippen LogP contribution in [0.5, 0.6) is 5.75 Å². The van der Waals surface area contributed by atoms with Crippen LogP contribution in [0.25, 0.3) is 12.2 Å². The lowest BCUT2D eigenvalue weighted by molar-refractivity contribution is -0.120. The number of ketones is 1. The Balaban J connectivity index is 1.68. The normalized spacial score (nSPS) is 15.2. The molecule has 0 saturated heterocycles. The molecule has 9 heteroatoms. The van der Waals surface area contributed by atoms with Gasteiger partial charge in [0.15, 0.2) is 5.78 Å². The van der Waals surface area contributed by atoms with Gasteiger partial charge in [0.2, 0.25) is 0 Å². The van der Waals surface area contributed by atoms with Gasteiger partial charge in [-0.2, -0.15) is 5.10 Å². The second-order valence-electron chi connectivity index (χ2n) is 7.49. The highest BCUT2D eigenvalue weighted by atomic mass is 32.1. The van der Waals surface area contributed by atoms with Crippen molar-refractivity contribution in [1.82, 2.24) is 19.7 Å². The van der Waals surface area contributed by atoms with E-state index < -0.39 is 5.54 Å². The number of H-pyrrole nitrogens is 1. The molecule has 0 unspecified atom stereocenters. The van der Waals surface area contributed by atoms with Gasteiger partial charge in [-0.25, -0.2) is 9.67 Å². The number of rotatable bonds is 5. The quantitative estimate of drug-likeness (QED) is 0.652. The second-order valence-corrected chi connectivity index (χ2v) is 8.58. The van der Waals surface area contributed by atoms with E-state index in [1.807, 2.05) is 24.3 Å². The largest absolute Gasteiger partial charge is 0.490 e. The van der Waals surface area contributed by atoms with Crippen LogP contribution in [0.4, 0.5) is 5.69 Å². The molecule has 4 rings (SSSR count). The second kappa shape index (κ2) is 7.91. The number of aromatic nitrogens is 4. The molecular formula is C21H23N5O3S. The third kappa shape index (κ3) is 3.80. The monoisotopic (exact) mass is 425 g/mol. The fraction of sp³-hybridized carbons (Fsp3) is 0.333. The number of ether oxygens (including phenoxy) is 1. The summed E-state index contributed by atoms with van der Waals surface area (Å²) in [5.41, 5.74) is 0.815. The summed E-state index contributed by atoms with van der Waals surface area (Å²) in [7, 11) is 0. The molecule has 0 atom stereocenters. The molecule has 1 aliphatic rings. The van der Waals surface area contributed by atoms with Gasteiger partial charge in [0, 0.05) is 12.6 Å². The van der Waals surface area contributed by atoms with Gasteiger partial charge < -0.3 is 14.6 Å². The van der Waals surface area contributed by atoms with Crippen molar-refractivity contribution in [2.75, 3.05) is 24.6 Å². The zero-order chi connectivity index (χ0) is 21.3. The van der Waals surface area contributed by atoms with Crippen LogP contribution in [0.3, 0.4) is 0 Å². The molecule has 0 saturated carbocycles. The predicted molar refractivity (Wildman–Crippen MR) is 116 cm³/mol. The topological polar surface area (TPSA) is 93.1 Å². The van der Waals surface area contributed by atoms with Crippen LogP contribution in [0, 0.1) is 0 Å².